The van der Waals surface area contributed by atoms with Crippen LogP contribution in [-0.4, -0.2) is 24.2 Å². The van der Waals surface area contributed by atoms with Gasteiger partial charge < -0.3 is 14.5 Å². The number of methoxy groups -OCH3 is 1. The molecule has 0 saturated carbocycles. The first-order chi connectivity index (χ1) is 12.8. The largest absolute Gasteiger partial charge is 0.497 e. The number of nitrogens with one attached hydrogen (secondary N) is 1. The molecule has 0 amide bonds. The first kappa shape index (κ1) is 18.9. The third kappa shape index (κ3) is 3.95. The minimum absolute atomic E-state index is 0.0372. The Hall–Kier alpha value is -2.88. The summed E-state index contributed by atoms with van der Waals surface area (Å²) < 4.78 is 5.28. The number of hydrogen-bond acceptors (Lipinski definition) is 3. The van der Waals surface area contributed by atoms with Crippen LogP contribution in [0.1, 0.15) is 54.6 Å². The van der Waals surface area contributed by atoms with Crippen LogP contribution in [0, 0.1) is 0 Å². The van der Waals surface area contributed by atoms with Gasteiger partial charge in [-0.2, -0.15) is 0 Å². The number of carbonyl (C=O) groups is 2. The lowest BCUT2D eigenvalue weighted by atomic mass is 9.86. The zero-order valence-corrected chi connectivity index (χ0v) is 16.2. The normalized spacial score (nSPS) is 12.7. The Bertz CT molecular complexity index is 961. The number of aromatic nitrogens is 1. The molecule has 1 heterocycles. The molecule has 0 spiro atoms. The monoisotopic (exact) mass is 363 g/mol. The number of hydrogen-bond donors (Lipinski definition) is 1. The molecular weight excluding hydrogens is 338 g/mol. The molecule has 0 fully saturated rings. The molecule has 1 N–H and O–H groups in total. The summed E-state index contributed by atoms with van der Waals surface area (Å²) >= 11 is 0. The van der Waals surface area contributed by atoms with Gasteiger partial charge in [0.2, 0.25) is 0 Å². The van der Waals surface area contributed by atoms with E-state index < -0.39 is 5.92 Å². The molecule has 2 aromatic carbocycles. The molecule has 0 bridgehead atoms. The molecule has 0 aliphatic heterocycles. The fraction of sp³-hybridized carbons (Fsp3) is 0.304. The molecular formula is C23H25NO3. The first-order valence-corrected chi connectivity index (χ1v) is 9.07. The van der Waals surface area contributed by atoms with Crippen molar-refractivity contribution in [2.45, 2.75) is 38.5 Å². The van der Waals surface area contributed by atoms with E-state index in [1.807, 2.05) is 42.5 Å². The average molecular weight is 363 g/mol. The zero-order valence-electron chi connectivity index (χ0n) is 16.2. The van der Waals surface area contributed by atoms with Crippen LogP contribution in [0.15, 0.2) is 48.7 Å². The number of carbonyl (C=O) groups excluding carboxylic acids is 2. The van der Waals surface area contributed by atoms with E-state index in [2.05, 4.69) is 25.8 Å². The van der Waals surface area contributed by atoms with E-state index in [-0.39, 0.29) is 17.6 Å². The number of fused-ring (bicyclic) bond motifs is 1. The number of Topliss-reactive ketones (excluding diaryl/α,β-unsaturated/α-hetero) is 1. The highest BCUT2D eigenvalue weighted by Crippen LogP contribution is 2.31. The van der Waals surface area contributed by atoms with Gasteiger partial charge in [0.1, 0.15) is 12.0 Å². The van der Waals surface area contributed by atoms with Crippen LogP contribution in [0.3, 0.4) is 0 Å². The van der Waals surface area contributed by atoms with Gasteiger partial charge in [0.05, 0.1) is 7.11 Å². The van der Waals surface area contributed by atoms with Crippen LogP contribution in [0.2, 0.25) is 0 Å². The van der Waals surface area contributed by atoms with Gasteiger partial charge in [-0.05, 0) is 34.7 Å². The molecule has 1 atom stereocenters. The second-order valence-corrected chi connectivity index (χ2v) is 7.85. The van der Waals surface area contributed by atoms with Crippen molar-refractivity contribution in [2.75, 3.05) is 7.11 Å². The van der Waals surface area contributed by atoms with Gasteiger partial charge in [-0.1, -0.05) is 45.0 Å². The summed E-state index contributed by atoms with van der Waals surface area (Å²) in [6.07, 6.45) is 2.80. The van der Waals surface area contributed by atoms with E-state index in [9.17, 15) is 9.59 Å². The third-order valence-electron chi connectivity index (χ3n) is 4.96. The fourth-order valence-corrected chi connectivity index (χ4v) is 3.26. The van der Waals surface area contributed by atoms with Gasteiger partial charge in [0.15, 0.2) is 5.78 Å². The quantitative estimate of drug-likeness (QED) is 0.494. The number of ether oxygens (including phenoxy) is 1. The number of aromatic amines is 1. The van der Waals surface area contributed by atoms with Gasteiger partial charge in [0, 0.05) is 35.0 Å². The molecule has 4 nitrogen and oxygen atoms in total. The summed E-state index contributed by atoms with van der Waals surface area (Å²) in [5.74, 6) is 0.183. The van der Waals surface area contributed by atoms with Crippen LogP contribution in [0.5, 0.6) is 5.75 Å². The molecule has 0 aliphatic carbocycles. The molecule has 3 rings (SSSR count). The Morgan fingerprint density at radius 1 is 1.15 bits per heavy atom. The predicted octanol–water partition coefficient (Wildman–Crippen LogP) is 5.03. The van der Waals surface area contributed by atoms with Crippen molar-refractivity contribution in [3.8, 4) is 5.75 Å². The second-order valence-electron chi connectivity index (χ2n) is 7.85. The summed E-state index contributed by atoms with van der Waals surface area (Å²) in [6.45, 7) is 6.41. The highest BCUT2D eigenvalue weighted by Gasteiger charge is 2.21. The smallest absolute Gasteiger partial charge is 0.163 e. The van der Waals surface area contributed by atoms with Gasteiger partial charge in [-0.15, -0.1) is 0 Å². The molecule has 0 aliphatic rings. The Morgan fingerprint density at radius 3 is 2.44 bits per heavy atom. The Morgan fingerprint density at radius 2 is 1.85 bits per heavy atom. The van der Waals surface area contributed by atoms with E-state index in [4.69, 9.17) is 4.74 Å². The summed E-state index contributed by atoms with van der Waals surface area (Å²) in [4.78, 5) is 27.7. The Labute approximate surface area is 159 Å². The summed E-state index contributed by atoms with van der Waals surface area (Å²) in [5, 5.41) is 0.905. The van der Waals surface area contributed by atoms with Crippen molar-refractivity contribution in [1.29, 1.82) is 0 Å². The highest BCUT2D eigenvalue weighted by molar-refractivity contribution is 5.99. The topological polar surface area (TPSA) is 59.2 Å². The van der Waals surface area contributed by atoms with Crippen molar-refractivity contribution in [2.24, 2.45) is 0 Å². The summed E-state index contributed by atoms with van der Waals surface area (Å²) in [7, 11) is 1.61. The summed E-state index contributed by atoms with van der Waals surface area (Å²) in [5.41, 5.74) is 3.58. The van der Waals surface area contributed by atoms with Crippen LogP contribution < -0.4 is 4.74 Å². The molecule has 4 heteroatoms. The lowest BCUT2D eigenvalue weighted by molar-refractivity contribution is -0.109. The number of rotatable bonds is 6. The molecule has 1 aromatic heterocycles. The maximum atomic E-state index is 12.7. The van der Waals surface area contributed by atoms with Gasteiger partial charge in [-0.25, -0.2) is 0 Å². The van der Waals surface area contributed by atoms with Crippen LogP contribution in [0.4, 0.5) is 0 Å². The van der Waals surface area contributed by atoms with E-state index in [1.54, 1.807) is 13.3 Å². The fourth-order valence-electron chi connectivity index (χ4n) is 3.26. The van der Waals surface area contributed by atoms with E-state index in [1.165, 1.54) is 5.56 Å². The standard InChI is InChI=1S/C23H25NO3/c1-23(2,3)17-7-5-15(6-8-17)22(26)11-16(14-25)20-13-24-21-10-9-18(27-4)12-19(20)21/h5-10,12-14,16,24H,11H2,1-4H3. The molecule has 0 radical (unpaired) electrons. The molecule has 140 valence electrons. The lowest BCUT2D eigenvalue weighted by Gasteiger charge is -2.19. The number of benzene rings is 2. The van der Waals surface area contributed by atoms with E-state index >= 15 is 0 Å². The average Bonchev–Trinajstić information content (AvgIpc) is 3.08. The lowest BCUT2D eigenvalue weighted by Crippen LogP contribution is -2.12. The van der Waals surface area contributed by atoms with Crippen molar-refractivity contribution in [1.82, 2.24) is 4.98 Å². The second kappa shape index (κ2) is 7.39. The van der Waals surface area contributed by atoms with Crippen molar-refractivity contribution in [3.05, 3.63) is 65.4 Å². The number of H-pyrrole nitrogens is 1. The van der Waals surface area contributed by atoms with E-state index in [0.717, 1.165) is 28.5 Å². The van der Waals surface area contributed by atoms with Crippen LogP contribution in [0.25, 0.3) is 10.9 Å². The van der Waals surface area contributed by atoms with Gasteiger partial charge in [-0.3, -0.25) is 4.79 Å². The van der Waals surface area contributed by atoms with Gasteiger partial charge in [0.25, 0.3) is 0 Å². The Balaban J connectivity index is 1.85. The minimum Gasteiger partial charge on any atom is -0.497 e. The van der Waals surface area contributed by atoms with Crippen molar-refractivity contribution >= 4 is 23.0 Å². The maximum absolute atomic E-state index is 12.7. The molecule has 3 aromatic rings. The van der Waals surface area contributed by atoms with Gasteiger partial charge >= 0.3 is 0 Å². The van der Waals surface area contributed by atoms with Crippen LogP contribution >= 0.6 is 0 Å². The molecule has 1 unspecified atom stereocenters. The van der Waals surface area contributed by atoms with E-state index in [0.29, 0.717) is 5.56 Å². The third-order valence-corrected chi connectivity index (χ3v) is 4.96. The van der Waals surface area contributed by atoms with Crippen molar-refractivity contribution in [3.63, 3.8) is 0 Å². The zero-order chi connectivity index (χ0) is 19.6. The summed E-state index contributed by atoms with van der Waals surface area (Å²) in [6, 6.07) is 13.3. The SMILES string of the molecule is COc1ccc2[nH]cc(C(C=O)CC(=O)c3ccc(C(C)(C)C)cc3)c2c1. The highest BCUT2D eigenvalue weighted by atomic mass is 16.5. The molecule has 0 saturated heterocycles. The van der Waals surface area contributed by atoms with Crippen molar-refractivity contribution < 1.29 is 14.3 Å². The predicted molar refractivity (Wildman–Crippen MR) is 108 cm³/mol. The Kier molecular flexibility index (Phi) is 5.17. The number of ketones is 1. The van der Waals surface area contributed by atoms with Crippen LogP contribution in [-0.2, 0) is 10.2 Å². The maximum Gasteiger partial charge on any atom is 0.163 e. The number of aldehydes is 1. The minimum atomic E-state index is -0.499. The first-order valence-electron chi connectivity index (χ1n) is 9.07. The molecule has 27 heavy (non-hydrogen) atoms.